The molecule has 1 aliphatic heterocycles. The van der Waals surface area contributed by atoms with Gasteiger partial charge in [-0.15, -0.1) is 0 Å². The van der Waals surface area contributed by atoms with Crippen LogP contribution in [0.5, 0.6) is 0 Å². The molecule has 0 spiro atoms. The lowest BCUT2D eigenvalue weighted by Crippen LogP contribution is -2.52. The zero-order valence-corrected chi connectivity index (χ0v) is 8.54. The Morgan fingerprint density at radius 2 is 1.86 bits per heavy atom. The molecule has 0 N–H and O–H groups in total. The molecule has 0 atom stereocenters. The molecule has 74 valence electrons. The van der Waals surface area contributed by atoms with E-state index >= 15 is 0 Å². The van der Waals surface area contributed by atoms with Crippen LogP contribution in [0.3, 0.4) is 0 Å². The maximum absolute atomic E-state index is 11.6. The third-order valence-electron chi connectivity index (χ3n) is 2.97. The molecule has 0 saturated carbocycles. The van der Waals surface area contributed by atoms with E-state index < -0.39 is 0 Å². The van der Waals surface area contributed by atoms with Gasteiger partial charge in [0.15, 0.2) is 0 Å². The van der Waals surface area contributed by atoms with Gasteiger partial charge in [0.2, 0.25) is 0 Å². The van der Waals surface area contributed by atoms with Crippen LogP contribution in [0.25, 0.3) is 0 Å². The zero-order valence-electron chi connectivity index (χ0n) is 8.54. The Morgan fingerprint density at radius 1 is 1.29 bits per heavy atom. The smallest absolute Gasteiger partial charge is 0.145 e. The summed E-state index contributed by atoms with van der Waals surface area (Å²) in [6.45, 7) is 4.75. The second kappa shape index (κ2) is 3.21. The van der Waals surface area contributed by atoms with Gasteiger partial charge in [-0.25, -0.2) is 0 Å². The molecule has 1 aromatic carbocycles. The fourth-order valence-electron chi connectivity index (χ4n) is 1.75. The number of rotatable bonds is 2. The van der Waals surface area contributed by atoms with Gasteiger partial charge in [0, 0.05) is 0 Å². The first-order valence-corrected chi connectivity index (χ1v) is 4.81. The van der Waals surface area contributed by atoms with Crippen LogP contribution < -0.4 is 0 Å². The molecular formula is C12H14O2. The summed E-state index contributed by atoms with van der Waals surface area (Å²) in [6.07, 6.45) is 0. The average molecular weight is 190 g/mol. The van der Waals surface area contributed by atoms with E-state index in [0.717, 1.165) is 5.56 Å². The Labute approximate surface area is 83.9 Å². The van der Waals surface area contributed by atoms with Gasteiger partial charge >= 0.3 is 0 Å². The standard InChI is InChI=1S/C12H14O2/c1-9-3-5-11(6-4-9)12(10(2)13)7-14-8-12/h3-6H,7-8H2,1-2H3. The monoisotopic (exact) mass is 190 g/mol. The van der Waals surface area contributed by atoms with Crippen LogP contribution in [0.4, 0.5) is 0 Å². The quantitative estimate of drug-likeness (QED) is 0.711. The number of hydrogen-bond donors (Lipinski definition) is 0. The molecule has 14 heavy (non-hydrogen) atoms. The van der Waals surface area contributed by atoms with Crippen molar-refractivity contribution < 1.29 is 9.53 Å². The minimum Gasteiger partial charge on any atom is -0.378 e. The van der Waals surface area contributed by atoms with E-state index in [-0.39, 0.29) is 11.2 Å². The highest BCUT2D eigenvalue weighted by Crippen LogP contribution is 2.33. The van der Waals surface area contributed by atoms with E-state index in [9.17, 15) is 4.79 Å². The normalized spacial score (nSPS) is 18.7. The van der Waals surface area contributed by atoms with Crippen LogP contribution in [0, 0.1) is 6.92 Å². The van der Waals surface area contributed by atoms with E-state index in [0.29, 0.717) is 13.2 Å². The van der Waals surface area contributed by atoms with Gasteiger partial charge in [-0.2, -0.15) is 0 Å². The molecule has 0 aromatic heterocycles. The van der Waals surface area contributed by atoms with Crippen LogP contribution in [0.15, 0.2) is 24.3 Å². The minimum absolute atomic E-state index is 0.201. The molecule has 1 aliphatic rings. The van der Waals surface area contributed by atoms with Crippen LogP contribution in [0.1, 0.15) is 18.1 Å². The van der Waals surface area contributed by atoms with E-state index in [1.54, 1.807) is 6.92 Å². The predicted octanol–water partition coefficient (Wildman–Crippen LogP) is 1.85. The van der Waals surface area contributed by atoms with Crippen LogP contribution >= 0.6 is 0 Å². The van der Waals surface area contributed by atoms with Crippen LogP contribution in [-0.4, -0.2) is 19.0 Å². The maximum Gasteiger partial charge on any atom is 0.145 e. The molecule has 2 nitrogen and oxygen atoms in total. The van der Waals surface area contributed by atoms with Crippen LogP contribution in [0.2, 0.25) is 0 Å². The van der Waals surface area contributed by atoms with Crippen molar-refractivity contribution in [2.75, 3.05) is 13.2 Å². The summed E-state index contributed by atoms with van der Waals surface area (Å²) in [4.78, 5) is 11.6. The first-order chi connectivity index (χ1) is 6.65. The third kappa shape index (κ3) is 1.26. The highest BCUT2D eigenvalue weighted by Gasteiger charge is 2.44. The van der Waals surface area contributed by atoms with Crippen molar-refractivity contribution in [2.45, 2.75) is 19.3 Å². The largest absolute Gasteiger partial charge is 0.378 e. The van der Waals surface area contributed by atoms with Gasteiger partial charge in [-0.1, -0.05) is 29.8 Å². The van der Waals surface area contributed by atoms with Gasteiger partial charge < -0.3 is 4.74 Å². The molecule has 0 aliphatic carbocycles. The van der Waals surface area contributed by atoms with Gasteiger partial charge in [0.1, 0.15) is 11.2 Å². The number of aryl methyl sites for hydroxylation is 1. The van der Waals surface area contributed by atoms with Crippen LogP contribution in [-0.2, 0) is 14.9 Å². The predicted molar refractivity (Wildman–Crippen MR) is 54.4 cm³/mol. The van der Waals surface area contributed by atoms with Crippen molar-refractivity contribution in [2.24, 2.45) is 0 Å². The Balaban J connectivity index is 2.37. The summed E-state index contributed by atoms with van der Waals surface area (Å²) in [5.41, 5.74) is 1.95. The molecular weight excluding hydrogens is 176 g/mol. The third-order valence-corrected chi connectivity index (χ3v) is 2.97. The number of Topliss-reactive ketones (excluding diaryl/α,β-unsaturated/α-hetero) is 1. The number of hydrogen-bond acceptors (Lipinski definition) is 2. The fraction of sp³-hybridized carbons (Fsp3) is 0.417. The first kappa shape index (κ1) is 9.41. The number of carbonyl (C=O) groups is 1. The van der Waals surface area contributed by atoms with Crippen molar-refractivity contribution in [3.8, 4) is 0 Å². The Kier molecular flexibility index (Phi) is 2.16. The van der Waals surface area contributed by atoms with Gasteiger partial charge in [0.05, 0.1) is 13.2 Å². The van der Waals surface area contributed by atoms with Crippen molar-refractivity contribution in [3.05, 3.63) is 35.4 Å². The van der Waals surface area contributed by atoms with Crippen molar-refractivity contribution in [1.29, 1.82) is 0 Å². The summed E-state index contributed by atoms with van der Waals surface area (Å²) in [5, 5.41) is 0. The lowest BCUT2D eigenvalue weighted by atomic mass is 9.75. The molecule has 1 saturated heterocycles. The second-order valence-electron chi connectivity index (χ2n) is 4.00. The molecule has 0 bridgehead atoms. The number of carbonyl (C=O) groups excluding carboxylic acids is 1. The molecule has 0 amide bonds. The Hall–Kier alpha value is -1.15. The van der Waals surface area contributed by atoms with Crippen molar-refractivity contribution in [1.82, 2.24) is 0 Å². The fourth-order valence-corrected chi connectivity index (χ4v) is 1.75. The summed E-state index contributed by atoms with van der Waals surface area (Å²) < 4.78 is 5.16. The zero-order chi connectivity index (χ0) is 10.2. The Morgan fingerprint density at radius 3 is 2.21 bits per heavy atom. The molecule has 1 heterocycles. The van der Waals surface area contributed by atoms with E-state index in [1.807, 2.05) is 31.2 Å². The Bertz CT molecular complexity index is 347. The number of benzene rings is 1. The molecule has 1 aromatic rings. The first-order valence-electron chi connectivity index (χ1n) is 4.81. The molecule has 2 heteroatoms. The minimum atomic E-state index is -0.353. The summed E-state index contributed by atoms with van der Waals surface area (Å²) >= 11 is 0. The SMILES string of the molecule is CC(=O)C1(c2ccc(C)cc2)COC1. The summed E-state index contributed by atoms with van der Waals surface area (Å²) in [5.74, 6) is 0.201. The topological polar surface area (TPSA) is 26.3 Å². The second-order valence-corrected chi connectivity index (χ2v) is 4.00. The maximum atomic E-state index is 11.6. The summed E-state index contributed by atoms with van der Waals surface area (Å²) in [6, 6.07) is 8.13. The summed E-state index contributed by atoms with van der Waals surface area (Å²) in [7, 11) is 0. The van der Waals surface area contributed by atoms with E-state index in [4.69, 9.17) is 4.74 Å². The van der Waals surface area contributed by atoms with E-state index in [2.05, 4.69) is 0 Å². The molecule has 0 unspecified atom stereocenters. The highest BCUT2D eigenvalue weighted by atomic mass is 16.5. The van der Waals surface area contributed by atoms with Gasteiger partial charge in [-0.05, 0) is 19.4 Å². The highest BCUT2D eigenvalue weighted by molar-refractivity contribution is 5.89. The lowest BCUT2D eigenvalue weighted by Gasteiger charge is -2.39. The number of ether oxygens (including phenoxy) is 1. The lowest BCUT2D eigenvalue weighted by molar-refractivity contribution is -0.140. The van der Waals surface area contributed by atoms with Gasteiger partial charge in [-0.3, -0.25) is 4.79 Å². The molecule has 2 rings (SSSR count). The number of ketones is 1. The molecule has 0 radical (unpaired) electrons. The molecule has 1 fully saturated rings. The van der Waals surface area contributed by atoms with Crippen molar-refractivity contribution >= 4 is 5.78 Å². The average Bonchev–Trinajstić information content (AvgIpc) is 2.05. The van der Waals surface area contributed by atoms with Crippen molar-refractivity contribution in [3.63, 3.8) is 0 Å². The van der Waals surface area contributed by atoms with E-state index in [1.165, 1.54) is 5.56 Å². The van der Waals surface area contributed by atoms with Gasteiger partial charge in [0.25, 0.3) is 0 Å².